The lowest BCUT2D eigenvalue weighted by atomic mass is 9.77. The van der Waals surface area contributed by atoms with Gasteiger partial charge in [0.25, 0.3) is 0 Å². The Morgan fingerprint density at radius 1 is 1.25 bits per heavy atom. The van der Waals surface area contributed by atoms with Gasteiger partial charge in [0.2, 0.25) is 0 Å². The van der Waals surface area contributed by atoms with Crippen molar-refractivity contribution in [3.63, 3.8) is 0 Å². The summed E-state index contributed by atoms with van der Waals surface area (Å²) in [5, 5.41) is 9.34. The fourth-order valence-corrected chi connectivity index (χ4v) is 2.35. The SMILES string of the molecule is N#CC1(Cc2ccc(Br)cc2)CCOCC1. The average molecular weight is 280 g/mol. The van der Waals surface area contributed by atoms with Crippen LogP contribution in [0.5, 0.6) is 0 Å². The fraction of sp³-hybridized carbons (Fsp3) is 0.462. The Kier molecular flexibility index (Phi) is 3.63. The van der Waals surface area contributed by atoms with E-state index in [0.717, 1.165) is 23.7 Å². The Hall–Kier alpha value is -0.850. The van der Waals surface area contributed by atoms with Gasteiger partial charge in [-0.05, 0) is 37.0 Å². The van der Waals surface area contributed by atoms with Gasteiger partial charge in [0.15, 0.2) is 0 Å². The van der Waals surface area contributed by atoms with E-state index in [-0.39, 0.29) is 5.41 Å². The summed E-state index contributed by atoms with van der Waals surface area (Å²) >= 11 is 3.42. The van der Waals surface area contributed by atoms with Crippen molar-refractivity contribution in [2.24, 2.45) is 5.41 Å². The number of halogens is 1. The zero-order valence-corrected chi connectivity index (χ0v) is 10.7. The van der Waals surface area contributed by atoms with E-state index in [9.17, 15) is 5.26 Å². The van der Waals surface area contributed by atoms with Crippen LogP contribution in [0.4, 0.5) is 0 Å². The highest BCUT2D eigenvalue weighted by Gasteiger charge is 2.32. The van der Waals surface area contributed by atoms with Gasteiger partial charge in [-0.2, -0.15) is 5.26 Å². The predicted molar refractivity (Wildman–Crippen MR) is 65.9 cm³/mol. The highest BCUT2D eigenvalue weighted by molar-refractivity contribution is 9.10. The summed E-state index contributed by atoms with van der Waals surface area (Å²) in [5.41, 5.74) is 1.01. The number of nitrogens with zero attached hydrogens (tertiary/aromatic N) is 1. The lowest BCUT2D eigenvalue weighted by molar-refractivity contribution is 0.0406. The van der Waals surface area contributed by atoms with Crippen LogP contribution in [0.25, 0.3) is 0 Å². The lowest BCUT2D eigenvalue weighted by Gasteiger charge is -2.30. The molecule has 0 aliphatic carbocycles. The average Bonchev–Trinajstić information content (AvgIpc) is 2.33. The van der Waals surface area contributed by atoms with Gasteiger partial charge in [-0.15, -0.1) is 0 Å². The zero-order valence-electron chi connectivity index (χ0n) is 9.08. The van der Waals surface area contributed by atoms with Crippen LogP contribution in [-0.4, -0.2) is 13.2 Å². The Morgan fingerprint density at radius 2 is 1.88 bits per heavy atom. The molecule has 1 saturated heterocycles. The second-order valence-corrected chi connectivity index (χ2v) is 5.22. The van der Waals surface area contributed by atoms with Crippen LogP contribution in [0.3, 0.4) is 0 Å². The maximum absolute atomic E-state index is 9.34. The van der Waals surface area contributed by atoms with Crippen molar-refractivity contribution in [2.45, 2.75) is 19.3 Å². The van der Waals surface area contributed by atoms with E-state index in [1.54, 1.807) is 0 Å². The van der Waals surface area contributed by atoms with E-state index >= 15 is 0 Å². The molecule has 1 heterocycles. The number of benzene rings is 1. The number of hydrogen-bond donors (Lipinski definition) is 0. The van der Waals surface area contributed by atoms with Gasteiger partial charge >= 0.3 is 0 Å². The molecule has 0 bridgehead atoms. The number of hydrogen-bond acceptors (Lipinski definition) is 2. The van der Waals surface area contributed by atoms with Crippen LogP contribution in [0, 0.1) is 16.7 Å². The maximum atomic E-state index is 9.34. The molecule has 0 amide bonds. The van der Waals surface area contributed by atoms with Gasteiger partial charge in [0.05, 0.1) is 11.5 Å². The smallest absolute Gasteiger partial charge is 0.0695 e. The number of rotatable bonds is 2. The molecule has 2 rings (SSSR count). The molecule has 1 aliphatic rings. The van der Waals surface area contributed by atoms with Crippen LogP contribution >= 0.6 is 15.9 Å². The Balaban J connectivity index is 2.12. The van der Waals surface area contributed by atoms with Crippen molar-refractivity contribution >= 4 is 15.9 Å². The van der Waals surface area contributed by atoms with Crippen molar-refractivity contribution in [2.75, 3.05) is 13.2 Å². The van der Waals surface area contributed by atoms with E-state index < -0.39 is 0 Å². The zero-order chi connectivity index (χ0) is 11.4. The van der Waals surface area contributed by atoms with Crippen LogP contribution in [0.2, 0.25) is 0 Å². The van der Waals surface area contributed by atoms with Crippen molar-refractivity contribution in [3.8, 4) is 6.07 Å². The summed E-state index contributed by atoms with van der Waals surface area (Å²) < 4.78 is 6.40. The normalized spacial score (nSPS) is 19.0. The standard InChI is InChI=1S/C13H14BrNO/c14-12-3-1-11(2-4-12)9-13(10-15)5-7-16-8-6-13/h1-4H,5-9H2. The summed E-state index contributed by atoms with van der Waals surface area (Å²) in [4.78, 5) is 0. The van der Waals surface area contributed by atoms with Crippen LogP contribution in [-0.2, 0) is 11.2 Å². The first-order valence-electron chi connectivity index (χ1n) is 5.48. The molecule has 0 radical (unpaired) electrons. The minimum Gasteiger partial charge on any atom is -0.381 e. The molecule has 0 N–H and O–H groups in total. The third-order valence-corrected chi connectivity index (χ3v) is 3.67. The molecule has 0 spiro atoms. The van der Waals surface area contributed by atoms with E-state index in [0.29, 0.717) is 13.2 Å². The Bertz CT molecular complexity index is 387. The quantitative estimate of drug-likeness (QED) is 0.832. The molecule has 0 aromatic heterocycles. The third kappa shape index (κ3) is 2.63. The molecule has 16 heavy (non-hydrogen) atoms. The minimum absolute atomic E-state index is 0.216. The molecule has 3 heteroatoms. The monoisotopic (exact) mass is 279 g/mol. The molecule has 0 unspecified atom stereocenters. The molecule has 1 fully saturated rings. The van der Waals surface area contributed by atoms with Gasteiger partial charge < -0.3 is 4.74 Å². The van der Waals surface area contributed by atoms with E-state index in [1.165, 1.54) is 5.56 Å². The molecule has 1 aromatic rings. The molecular weight excluding hydrogens is 266 g/mol. The number of ether oxygens (including phenoxy) is 1. The summed E-state index contributed by atoms with van der Waals surface area (Å²) in [6, 6.07) is 10.7. The lowest BCUT2D eigenvalue weighted by Crippen LogP contribution is -2.30. The molecule has 84 valence electrons. The van der Waals surface area contributed by atoms with Gasteiger partial charge in [-0.25, -0.2) is 0 Å². The highest BCUT2D eigenvalue weighted by atomic mass is 79.9. The molecule has 0 atom stereocenters. The Morgan fingerprint density at radius 3 is 2.44 bits per heavy atom. The summed E-state index contributed by atoms with van der Waals surface area (Å²) in [5.74, 6) is 0. The van der Waals surface area contributed by atoms with Crippen molar-refractivity contribution < 1.29 is 4.74 Å². The second kappa shape index (κ2) is 4.99. The summed E-state index contributed by atoms with van der Waals surface area (Å²) in [6.07, 6.45) is 2.53. The largest absolute Gasteiger partial charge is 0.381 e. The first kappa shape index (κ1) is 11.6. The molecule has 1 aromatic carbocycles. The van der Waals surface area contributed by atoms with E-state index in [4.69, 9.17) is 4.74 Å². The fourth-order valence-electron chi connectivity index (χ4n) is 2.08. The molecule has 0 saturated carbocycles. The maximum Gasteiger partial charge on any atom is 0.0695 e. The summed E-state index contributed by atoms with van der Waals surface area (Å²) in [7, 11) is 0. The Labute approximate surface area is 104 Å². The van der Waals surface area contributed by atoms with Crippen molar-refractivity contribution in [1.82, 2.24) is 0 Å². The first-order chi connectivity index (χ1) is 7.74. The molecule has 2 nitrogen and oxygen atoms in total. The van der Waals surface area contributed by atoms with Gasteiger partial charge in [0.1, 0.15) is 0 Å². The van der Waals surface area contributed by atoms with E-state index in [2.05, 4.69) is 34.1 Å². The second-order valence-electron chi connectivity index (χ2n) is 4.31. The van der Waals surface area contributed by atoms with Gasteiger partial charge in [0, 0.05) is 17.7 Å². The van der Waals surface area contributed by atoms with Gasteiger partial charge in [-0.3, -0.25) is 0 Å². The predicted octanol–water partition coefficient (Wildman–Crippen LogP) is 3.31. The highest BCUT2D eigenvalue weighted by Crippen LogP contribution is 2.33. The third-order valence-electron chi connectivity index (χ3n) is 3.14. The number of nitriles is 1. The van der Waals surface area contributed by atoms with Crippen LogP contribution < -0.4 is 0 Å². The van der Waals surface area contributed by atoms with Crippen LogP contribution in [0.1, 0.15) is 18.4 Å². The molecular formula is C13H14BrNO. The topological polar surface area (TPSA) is 33.0 Å². The van der Waals surface area contributed by atoms with E-state index in [1.807, 2.05) is 12.1 Å². The van der Waals surface area contributed by atoms with Crippen molar-refractivity contribution in [1.29, 1.82) is 5.26 Å². The van der Waals surface area contributed by atoms with Crippen molar-refractivity contribution in [3.05, 3.63) is 34.3 Å². The summed E-state index contributed by atoms with van der Waals surface area (Å²) in [6.45, 7) is 1.42. The minimum atomic E-state index is -0.216. The molecule has 1 aliphatic heterocycles. The van der Waals surface area contributed by atoms with Crippen LogP contribution in [0.15, 0.2) is 28.7 Å². The first-order valence-corrected chi connectivity index (χ1v) is 6.27. The van der Waals surface area contributed by atoms with Gasteiger partial charge in [-0.1, -0.05) is 28.1 Å².